The van der Waals surface area contributed by atoms with E-state index in [0.717, 1.165) is 50.6 Å². The Morgan fingerprint density at radius 3 is 2.81 bits per heavy atom. The second-order valence-electron chi connectivity index (χ2n) is 6.94. The number of aliphatic imine (C=N–C) groups is 1. The van der Waals surface area contributed by atoms with Gasteiger partial charge in [-0.25, -0.2) is 0 Å². The quantitative estimate of drug-likeness (QED) is 0.593. The summed E-state index contributed by atoms with van der Waals surface area (Å²) < 4.78 is 11.7. The van der Waals surface area contributed by atoms with Gasteiger partial charge in [0, 0.05) is 32.7 Å². The Labute approximate surface area is 156 Å². The highest BCUT2D eigenvalue weighted by Gasteiger charge is 2.32. The highest BCUT2D eigenvalue weighted by molar-refractivity contribution is 5.80. The van der Waals surface area contributed by atoms with Crippen molar-refractivity contribution in [3.8, 4) is 0 Å². The van der Waals surface area contributed by atoms with Crippen molar-refractivity contribution in [2.75, 3.05) is 39.4 Å². The fourth-order valence-corrected chi connectivity index (χ4v) is 3.56. The van der Waals surface area contributed by atoms with Crippen molar-refractivity contribution in [1.29, 1.82) is 0 Å². The summed E-state index contributed by atoms with van der Waals surface area (Å²) in [6.07, 6.45) is 2.62. The van der Waals surface area contributed by atoms with Crippen LogP contribution in [-0.4, -0.2) is 73.7 Å². The Balaban J connectivity index is 1.57. The minimum Gasteiger partial charge on any atom is -0.391 e. The predicted octanol–water partition coefficient (Wildman–Crippen LogP) is 1.44. The first kappa shape index (κ1) is 19.1. The topological polar surface area (TPSA) is 66.3 Å². The molecule has 0 bridgehead atoms. The van der Waals surface area contributed by atoms with Crippen LogP contribution < -0.4 is 5.32 Å². The van der Waals surface area contributed by atoms with Crippen LogP contribution in [0.2, 0.25) is 0 Å². The summed E-state index contributed by atoms with van der Waals surface area (Å²) >= 11 is 0. The van der Waals surface area contributed by atoms with Gasteiger partial charge in [0.1, 0.15) is 6.10 Å². The van der Waals surface area contributed by atoms with E-state index in [0.29, 0.717) is 19.6 Å². The highest BCUT2D eigenvalue weighted by atomic mass is 16.5. The monoisotopic (exact) mass is 361 g/mol. The normalized spacial score (nSPS) is 25.3. The van der Waals surface area contributed by atoms with Gasteiger partial charge in [-0.15, -0.1) is 0 Å². The van der Waals surface area contributed by atoms with E-state index in [4.69, 9.17) is 9.47 Å². The van der Waals surface area contributed by atoms with Gasteiger partial charge in [0.2, 0.25) is 0 Å². The molecule has 0 aromatic heterocycles. The molecule has 2 N–H and O–H groups in total. The van der Waals surface area contributed by atoms with Crippen molar-refractivity contribution in [3.05, 3.63) is 35.9 Å². The third-order valence-corrected chi connectivity index (χ3v) is 4.87. The summed E-state index contributed by atoms with van der Waals surface area (Å²) in [4.78, 5) is 6.91. The molecule has 1 aromatic rings. The van der Waals surface area contributed by atoms with Gasteiger partial charge in [-0.2, -0.15) is 0 Å². The number of hydrogen-bond donors (Lipinski definition) is 2. The van der Waals surface area contributed by atoms with Gasteiger partial charge >= 0.3 is 0 Å². The standard InChI is InChI=1S/C20H31N3O3/c1-2-21-20(22-14-17(24)13-16-7-4-3-5-8-16)23-10-12-26-19(15-23)18-9-6-11-25-18/h3-5,7-8,17-19,24H,2,6,9-15H2,1H3,(H,21,22). The number of guanidine groups is 1. The number of ether oxygens (including phenoxy) is 2. The number of rotatable bonds is 6. The Hall–Kier alpha value is -1.63. The zero-order valence-electron chi connectivity index (χ0n) is 15.6. The van der Waals surface area contributed by atoms with Gasteiger partial charge < -0.3 is 24.8 Å². The maximum atomic E-state index is 10.3. The summed E-state index contributed by atoms with van der Waals surface area (Å²) in [5, 5.41) is 13.7. The molecule has 3 atom stereocenters. The third kappa shape index (κ3) is 5.43. The van der Waals surface area contributed by atoms with Crippen LogP contribution in [0, 0.1) is 0 Å². The van der Waals surface area contributed by atoms with Crippen LogP contribution in [-0.2, 0) is 15.9 Å². The molecule has 3 rings (SSSR count). The van der Waals surface area contributed by atoms with E-state index in [1.807, 2.05) is 30.3 Å². The Kier molecular flexibility index (Phi) is 7.29. The minimum atomic E-state index is -0.485. The minimum absolute atomic E-state index is 0.101. The molecular weight excluding hydrogens is 330 g/mol. The lowest BCUT2D eigenvalue weighted by molar-refractivity contribution is -0.0817. The fraction of sp³-hybridized carbons (Fsp3) is 0.650. The van der Waals surface area contributed by atoms with Gasteiger partial charge in [0.15, 0.2) is 5.96 Å². The van der Waals surface area contributed by atoms with Crippen molar-refractivity contribution >= 4 is 5.96 Å². The van der Waals surface area contributed by atoms with Crippen LogP contribution in [0.3, 0.4) is 0 Å². The molecule has 2 fully saturated rings. The first-order chi connectivity index (χ1) is 12.8. The van der Waals surface area contributed by atoms with E-state index in [9.17, 15) is 5.11 Å². The molecule has 2 aliphatic rings. The molecule has 6 nitrogen and oxygen atoms in total. The molecule has 2 aliphatic heterocycles. The SMILES string of the molecule is CCNC(=NCC(O)Cc1ccccc1)N1CCOC(C2CCCO2)C1. The largest absolute Gasteiger partial charge is 0.391 e. The van der Waals surface area contributed by atoms with Gasteiger partial charge in [0.05, 0.1) is 25.4 Å². The molecule has 2 heterocycles. The average molecular weight is 361 g/mol. The molecule has 0 aliphatic carbocycles. The van der Waals surface area contributed by atoms with E-state index in [1.54, 1.807) is 0 Å². The van der Waals surface area contributed by atoms with Crippen molar-refractivity contribution in [2.24, 2.45) is 4.99 Å². The first-order valence-electron chi connectivity index (χ1n) is 9.74. The summed E-state index contributed by atoms with van der Waals surface area (Å²) in [6.45, 7) is 6.36. The molecule has 26 heavy (non-hydrogen) atoms. The molecule has 0 amide bonds. The molecule has 0 saturated carbocycles. The summed E-state index contributed by atoms with van der Waals surface area (Å²) in [5.41, 5.74) is 1.13. The van der Waals surface area contributed by atoms with Crippen molar-refractivity contribution in [1.82, 2.24) is 10.2 Å². The molecule has 144 valence electrons. The Morgan fingerprint density at radius 2 is 2.08 bits per heavy atom. The van der Waals surface area contributed by atoms with E-state index in [2.05, 4.69) is 22.1 Å². The summed E-state index contributed by atoms with van der Waals surface area (Å²) in [6, 6.07) is 10.0. The zero-order chi connectivity index (χ0) is 18.2. The van der Waals surface area contributed by atoms with Gasteiger partial charge in [-0.05, 0) is 25.3 Å². The van der Waals surface area contributed by atoms with Gasteiger partial charge in [0.25, 0.3) is 0 Å². The van der Waals surface area contributed by atoms with Gasteiger partial charge in [-0.1, -0.05) is 30.3 Å². The fourth-order valence-electron chi connectivity index (χ4n) is 3.56. The number of nitrogens with one attached hydrogen (secondary N) is 1. The van der Waals surface area contributed by atoms with E-state index in [-0.39, 0.29) is 12.2 Å². The van der Waals surface area contributed by atoms with Crippen LogP contribution in [0.4, 0.5) is 0 Å². The molecule has 3 unspecified atom stereocenters. The van der Waals surface area contributed by atoms with Crippen LogP contribution in [0.15, 0.2) is 35.3 Å². The van der Waals surface area contributed by atoms with Crippen molar-refractivity contribution in [3.63, 3.8) is 0 Å². The number of nitrogens with zero attached hydrogens (tertiary/aromatic N) is 2. The van der Waals surface area contributed by atoms with Crippen LogP contribution in [0.25, 0.3) is 0 Å². The Morgan fingerprint density at radius 1 is 1.27 bits per heavy atom. The third-order valence-electron chi connectivity index (χ3n) is 4.87. The summed E-state index contributed by atoms with van der Waals surface area (Å²) in [5.74, 6) is 0.853. The number of benzene rings is 1. The smallest absolute Gasteiger partial charge is 0.194 e. The lowest BCUT2D eigenvalue weighted by Gasteiger charge is -2.37. The summed E-state index contributed by atoms with van der Waals surface area (Å²) in [7, 11) is 0. The predicted molar refractivity (Wildman–Crippen MR) is 102 cm³/mol. The van der Waals surface area contributed by atoms with Crippen LogP contribution in [0.1, 0.15) is 25.3 Å². The maximum Gasteiger partial charge on any atom is 0.194 e. The van der Waals surface area contributed by atoms with Gasteiger partial charge in [-0.3, -0.25) is 4.99 Å². The second-order valence-corrected chi connectivity index (χ2v) is 6.94. The lowest BCUT2D eigenvalue weighted by Crippen LogP contribution is -2.53. The highest BCUT2D eigenvalue weighted by Crippen LogP contribution is 2.21. The van der Waals surface area contributed by atoms with Crippen molar-refractivity contribution in [2.45, 2.75) is 44.5 Å². The number of aliphatic hydroxyl groups excluding tert-OH is 1. The second kappa shape index (κ2) is 9.90. The van der Waals surface area contributed by atoms with Crippen LogP contribution in [0.5, 0.6) is 0 Å². The van der Waals surface area contributed by atoms with E-state index in [1.165, 1.54) is 0 Å². The lowest BCUT2D eigenvalue weighted by atomic mass is 10.1. The molecule has 2 saturated heterocycles. The average Bonchev–Trinajstić information content (AvgIpc) is 3.21. The van der Waals surface area contributed by atoms with Crippen LogP contribution >= 0.6 is 0 Å². The molecular formula is C20H31N3O3. The van der Waals surface area contributed by atoms with E-state index >= 15 is 0 Å². The number of hydrogen-bond acceptors (Lipinski definition) is 4. The van der Waals surface area contributed by atoms with E-state index < -0.39 is 6.10 Å². The molecule has 6 heteroatoms. The van der Waals surface area contributed by atoms with Crippen molar-refractivity contribution < 1.29 is 14.6 Å². The first-order valence-corrected chi connectivity index (χ1v) is 9.74. The molecule has 0 spiro atoms. The molecule has 0 radical (unpaired) electrons. The Bertz CT molecular complexity index is 561. The number of morpholine rings is 1. The molecule has 1 aromatic carbocycles. The number of aliphatic hydroxyl groups is 1. The maximum absolute atomic E-state index is 10.3. The zero-order valence-corrected chi connectivity index (χ0v) is 15.6.